The highest BCUT2D eigenvalue weighted by Crippen LogP contribution is 2.29. The van der Waals surface area contributed by atoms with Gasteiger partial charge in [0.15, 0.2) is 6.61 Å². The Hall–Kier alpha value is -1.03. The number of nitrogens with one attached hydrogen (secondary N) is 1. The molecule has 0 fully saturated rings. The van der Waals surface area contributed by atoms with Gasteiger partial charge in [0, 0.05) is 4.47 Å². The topological polar surface area (TPSA) is 38.3 Å². The summed E-state index contributed by atoms with van der Waals surface area (Å²) in [5, 5.41) is 2.67. The number of halogens is 1. The van der Waals surface area contributed by atoms with Gasteiger partial charge in [-0.3, -0.25) is 4.79 Å². The van der Waals surface area contributed by atoms with E-state index in [1.807, 2.05) is 0 Å². The fourth-order valence-electron chi connectivity index (χ4n) is 0.993. The number of carbonyl (C=O) groups excluding carboxylic acids is 1. The molecule has 0 unspecified atom stereocenters. The first-order valence-corrected chi connectivity index (χ1v) is 4.19. The molecular formula is C8H5BrNO2. The Morgan fingerprint density at radius 2 is 2.50 bits per heavy atom. The van der Waals surface area contributed by atoms with E-state index in [0.717, 1.165) is 4.47 Å². The molecular weight excluding hydrogens is 222 g/mol. The summed E-state index contributed by atoms with van der Waals surface area (Å²) in [6.07, 6.45) is 0. The molecule has 0 aliphatic carbocycles. The van der Waals surface area contributed by atoms with Crippen molar-refractivity contribution >= 4 is 27.5 Å². The van der Waals surface area contributed by atoms with E-state index in [1.165, 1.54) is 0 Å². The van der Waals surface area contributed by atoms with Crippen LogP contribution in [0.3, 0.4) is 0 Å². The van der Waals surface area contributed by atoms with Gasteiger partial charge in [0.2, 0.25) is 0 Å². The number of ether oxygens (including phenoxy) is 1. The van der Waals surface area contributed by atoms with Gasteiger partial charge in [-0.05, 0) is 18.2 Å². The summed E-state index contributed by atoms with van der Waals surface area (Å²) in [5.41, 5.74) is 0.675. The quantitative estimate of drug-likeness (QED) is 0.730. The highest BCUT2D eigenvalue weighted by molar-refractivity contribution is 9.10. The predicted molar refractivity (Wildman–Crippen MR) is 47.1 cm³/mol. The Bertz CT molecular complexity index is 338. The summed E-state index contributed by atoms with van der Waals surface area (Å²) in [5.74, 6) is 0.554. The third-order valence-electron chi connectivity index (χ3n) is 1.51. The highest BCUT2D eigenvalue weighted by atomic mass is 79.9. The molecule has 1 amide bonds. The van der Waals surface area contributed by atoms with E-state index in [9.17, 15) is 4.79 Å². The molecule has 0 atom stereocenters. The van der Waals surface area contributed by atoms with Crippen LogP contribution in [0, 0.1) is 6.07 Å². The second-order valence-corrected chi connectivity index (χ2v) is 3.25. The zero-order chi connectivity index (χ0) is 8.55. The number of amides is 1. The maximum absolute atomic E-state index is 10.8. The standard InChI is InChI=1S/C8H5BrNO2/c9-5-1-2-6-7(3-5)12-4-8(11)10-6/h2-3H,4H2,(H,10,11). The van der Waals surface area contributed by atoms with Crippen LogP contribution < -0.4 is 10.1 Å². The predicted octanol–water partition coefficient (Wildman–Crippen LogP) is 1.58. The molecule has 3 nitrogen and oxygen atoms in total. The average molecular weight is 227 g/mol. The third kappa shape index (κ3) is 1.30. The van der Waals surface area contributed by atoms with Crippen LogP contribution in [0.15, 0.2) is 16.6 Å². The van der Waals surface area contributed by atoms with Crippen molar-refractivity contribution in [3.8, 4) is 5.75 Å². The molecule has 12 heavy (non-hydrogen) atoms. The number of carbonyl (C=O) groups is 1. The van der Waals surface area contributed by atoms with Gasteiger partial charge in [-0.25, -0.2) is 0 Å². The van der Waals surface area contributed by atoms with Crippen molar-refractivity contribution in [1.82, 2.24) is 0 Å². The van der Waals surface area contributed by atoms with Crippen LogP contribution in [0.25, 0.3) is 0 Å². The number of benzene rings is 1. The second-order valence-electron chi connectivity index (χ2n) is 2.40. The molecule has 0 aromatic heterocycles. The molecule has 2 rings (SSSR count). The first-order valence-electron chi connectivity index (χ1n) is 3.39. The lowest BCUT2D eigenvalue weighted by Crippen LogP contribution is -2.25. The maximum Gasteiger partial charge on any atom is 0.262 e. The Kier molecular flexibility index (Phi) is 1.77. The van der Waals surface area contributed by atoms with Crippen molar-refractivity contribution < 1.29 is 9.53 Å². The van der Waals surface area contributed by atoms with Crippen molar-refractivity contribution in [3.63, 3.8) is 0 Å². The number of anilines is 1. The minimum absolute atomic E-state index is 0.0868. The molecule has 1 N–H and O–H groups in total. The highest BCUT2D eigenvalue weighted by Gasteiger charge is 2.15. The summed E-state index contributed by atoms with van der Waals surface area (Å²) >= 11 is 3.26. The lowest BCUT2D eigenvalue weighted by Gasteiger charge is -2.17. The molecule has 1 radical (unpaired) electrons. The summed E-state index contributed by atoms with van der Waals surface area (Å²) in [7, 11) is 0. The number of rotatable bonds is 0. The zero-order valence-corrected chi connectivity index (χ0v) is 7.64. The SMILES string of the molecule is O=C1COc2cc(Br)[c]cc2N1. The van der Waals surface area contributed by atoms with Gasteiger partial charge in [0.1, 0.15) is 5.75 Å². The van der Waals surface area contributed by atoms with E-state index >= 15 is 0 Å². The van der Waals surface area contributed by atoms with E-state index in [1.54, 1.807) is 12.1 Å². The lowest BCUT2D eigenvalue weighted by molar-refractivity contribution is -0.118. The van der Waals surface area contributed by atoms with E-state index in [4.69, 9.17) is 4.74 Å². The molecule has 0 spiro atoms. The van der Waals surface area contributed by atoms with E-state index in [2.05, 4.69) is 27.3 Å². The van der Waals surface area contributed by atoms with Crippen molar-refractivity contribution in [2.45, 2.75) is 0 Å². The molecule has 1 aliphatic heterocycles. The number of hydrogen-bond acceptors (Lipinski definition) is 2. The number of hydrogen-bond donors (Lipinski definition) is 1. The summed E-state index contributed by atoms with van der Waals surface area (Å²) in [4.78, 5) is 10.8. The van der Waals surface area contributed by atoms with Crippen molar-refractivity contribution in [2.75, 3.05) is 11.9 Å². The Morgan fingerprint density at radius 1 is 1.67 bits per heavy atom. The van der Waals surface area contributed by atoms with Crippen molar-refractivity contribution in [2.24, 2.45) is 0 Å². The minimum Gasteiger partial charge on any atom is -0.482 e. The maximum atomic E-state index is 10.8. The Balaban J connectivity index is 2.43. The van der Waals surface area contributed by atoms with Crippen molar-refractivity contribution in [3.05, 3.63) is 22.7 Å². The fourth-order valence-corrected chi connectivity index (χ4v) is 1.32. The first-order chi connectivity index (χ1) is 5.75. The van der Waals surface area contributed by atoms with Crippen LogP contribution >= 0.6 is 15.9 Å². The van der Waals surface area contributed by atoms with Crippen LogP contribution in [0.4, 0.5) is 5.69 Å². The molecule has 0 bridgehead atoms. The average Bonchev–Trinajstić information content (AvgIpc) is 2.05. The molecule has 61 valence electrons. The van der Waals surface area contributed by atoms with Gasteiger partial charge in [-0.1, -0.05) is 15.9 Å². The van der Waals surface area contributed by atoms with Gasteiger partial charge in [-0.15, -0.1) is 0 Å². The largest absolute Gasteiger partial charge is 0.482 e. The van der Waals surface area contributed by atoms with Gasteiger partial charge >= 0.3 is 0 Å². The molecule has 1 aliphatic rings. The van der Waals surface area contributed by atoms with Crippen LogP contribution in [0.2, 0.25) is 0 Å². The molecule has 0 saturated heterocycles. The fraction of sp³-hybridized carbons (Fsp3) is 0.125. The third-order valence-corrected chi connectivity index (χ3v) is 1.97. The molecule has 4 heteroatoms. The molecule has 1 aromatic carbocycles. The normalized spacial score (nSPS) is 14.6. The summed E-state index contributed by atoms with van der Waals surface area (Å²) in [6, 6.07) is 6.35. The number of fused-ring (bicyclic) bond motifs is 1. The smallest absolute Gasteiger partial charge is 0.262 e. The van der Waals surface area contributed by atoms with Gasteiger partial charge in [-0.2, -0.15) is 0 Å². The minimum atomic E-state index is -0.127. The Morgan fingerprint density at radius 3 is 3.33 bits per heavy atom. The molecule has 1 aromatic rings. The summed E-state index contributed by atoms with van der Waals surface area (Å²) in [6.45, 7) is 0.0868. The van der Waals surface area contributed by atoms with E-state index < -0.39 is 0 Å². The van der Waals surface area contributed by atoms with Crippen LogP contribution in [-0.2, 0) is 4.79 Å². The van der Waals surface area contributed by atoms with Crippen LogP contribution in [0.5, 0.6) is 5.75 Å². The Labute approximate surface area is 77.8 Å². The van der Waals surface area contributed by atoms with Gasteiger partial charge < -0.3 is 10.1 Å². The van der Waals surface area contributed by atoms with Gasteiger partial charge in [0.25, 0.3) is 5.91 Å². The first kappa shape index (κ1) is 7.61. The van der Waals surface area contributed by atoms with Crippen LogP contribution in [0.1, 0.15) is 0 Å². The van der Waals surface area contributed by atoms with Crippen molar-refractivity contribution in [1.29, 1.82) is 0 Å². The van der Waals surface area contributed by atoms with Crippen LogP contribution in [-0.4, -0.2) is 12.5 Å². The zero-order valence-electron chi connectivity index (χ0n) is 6.06. The van der Waals surface area contributed by atoms with E-state index in [0.29, 0.717) is 11.4 Å². The monoisotopic (exact) mass is 226 g/mol. The van der Waals surface area contributed by atoms with Gasteiger partial charge in [0.05, 0.1) is 5.69 Å². The molecule has 0 saturated carbocycles. The lowest BCUT2D eigenvalue weighted by atomic mass is 10.2. The summed E-state index contributed by atoms with van der Waals surface area (Å²) < 4.78 is 5.97. The van der Waals surface area contributed by atoms with E-state index in [-0.39, 0.29) is 12.5 Å². The molecule has 1 heterocycles. The second kappa shape index (κ2) is 2.79.